The summed E-state index contributed by atoms with van der Waals surface area (Å²) in [5.41, 5.74) is -0.352. The average molecular weight is 281 g/mol. The van der Waals surface area contributed by atoms with Crippen molar-refractivity contribution in [1.29, 1.82) is 0 Å². The van der Waals surface area contributed by atoms with Crippen LogP contribution in [0.2, 0.25) is 0 Å². The molecule has 0 saturated carbocycles. The molecule has 2 N–H and O–H groups in total. The van der Waals surface area contributed by atoms with E-state index in [0.717, 1.165) is 0 Å². The zero-order chi connectivity index (χ0) is 14.9. The van der Waals surface area contributed by atoms with Gasteiger partial charge < -0.3 is 20.2 Å². The van der Waals surface area contributed by atoms with Gasteiger partial charge in [-0.05, 0) is 6.92 Å². The second-order valence-corrected chi connectivity index (χ2v) is 5.10. The molecule has 0 radical (unpaired) electrons. The lowest BCUT2D eigenvalue weighted by Gasteiger charge is -2.36. The van der Waals surface area contributed by atoms with E-state index in [2.05, 4.69) is 5.32 Å². The molecule has 110 valence electrons. The largest absolute Gasteiger partial charge is 0.392 e. The van der Waals surface area contributed by atoms with Crippen LogP contribution in [0.1, 0.15) is 13.8 Å². The Morgan fingerprint density at radius 3 is 2.35 bits per heavy atom. The van der Waals surface area contributed by atoms with Crippen molar-refractivity contribution in [2.75, 3.05) is 42.9 Å². The highest BCUT2D eigenvalue weighted by Gasteiger charge is 2.28. The maximum Gasteiger partial charge on any atom is 0.253 e. The van der Waals surface area contributed by atoms with Gasteiger partial charge in [-0.25, -0.2) is 0 Å². The lowest BCUT2D eigenvalue weighted by atomic mass is 10.1. The van der Waals surface area contributed by atoms with Crippen LogP contribution in [0.3, 0.4) is 0 Å². The maximum atomic E-state index is 11.7. The summed E-state index contributed by atoms with van der Waals surface area (Å²) in [5, 5.41) is 12.0. The number of nitrogens with zero attached hydrogens (tertiary/aromatic N) is 2. The van der Waals surface area contributed by atoms with Gasteiger partial charge in [-0.3, -0.25) is 14.4 Å². The van der Waals surface area contributed by atoms with Gasteiger partial charge in [0.15, 0.2) is 0 Å². The monoisotopic (exact) mass is 281 g/mol. The number of hydrogen-bond acceptors (Lipinski definition) is 6. The van der Waals surface area contributed by atoms with Crippen LogP contribution in [0.4, 0.5) is 11.4 Å². The van der Waals surface area contributed by atoms with Crippen LogP contribution in [0.5, 0.6) is 0 Å². The Bertz CT molecular complexity index is 566. The first-order chi connectivity index (χ1) is 9.41. The molecule has 1 aromatic rings. The molecule has 1 aromatic carbocycles. The molecule has 0 bridgehead atoms. The van der Waals surface area contributed by atoms with Crippen molar-refractivity contribution >= 4 is 17.3 Å². The lowest BCUT2D eigenvalue weighted by Crippen LogP contribution is -2.52. The summed E-state index contributed by atoms with van der Waals surface area (Å²) in [7, 11) is 0. The third-order valence-electron chi connectivity index (χ3n) is 3.50. The van der Waals surface area contributed by atoms with Crippen molar-refractivity contribution in [2.45, 2.75) is 20.0 Å². The third kappa shape index (κ3) is 2.67. The molecule has 0 spiro atoms. The van der Waals surface area contributed by atoms with Crippen LogP contribution in [-0.4, -0.2) is 54.7 Å². The van der Waals surface area contributed by atoms with Gasteiger partial charge in [0.25, 0.3) is 10.9 Å². The highest BCUT2D eigenvalue weighted by atomic mass is 16.3. The number of hydrogen-bond donors (Lipinski definition) is 2. The Hall–Kier alpha value is -1.89. The maximum absolute atomic E-state index is 11.7. The van der Waals surface area contributed by atoms with Gasteiger partial charge in [0.2, 0.25) is 5.91 Å². The first-order valence-electron chi connectivity index (χ1n) is 6.67. The van der Waals surface area contributed by atoms with Crippen LogP contribution in [0.15, 0.2) is 9.59 Å². The summed E-state index contributed by atoms with van der Waals surface area (Å²) in [5.74, 6) is 0.0158. The van der Waals surface area contributed by atoms with Crippen molar-refractivity contribution in [3.05, 3.63) is 20.4 Å². The fourth-order valence-electron chi connectivity index (χ4n) is 2.34. The van der Waals surface area contributed by atoms with Crippen LogP contribution in [-0.2, 0) is 4.79 Å². The van der Waals surface area contributed by atoms with Crippen LogP contribution in [0.25, 0.3) is 0 Å². The number of anilines is 2. The third-order valence-corrected chi connectivity index (χ3v) is 3.50. The molecule has 20 heavy (non-hydrogen) atoms. The lowest BCUT2D eigenvalue weighted by molar-refractivity contribution is -0.129. The number of amides is 1. The van der Waals surface area contributed by atoms with E-state index in [9.17, 15) is 19.5 Å². The minimum absolute atomic E-state index is 0.0158. The number of aliphatic hydroxyl groups is 1. The van der Waals surface area contributed by atoms with Gasteiger partial charge in [-0.15, -0.1) is 0 Å². The van der Waals surface area contributed by atoms with Gasteiger partial charge in [0.1, 0.15) is 11.4 Å². The SMILES string of the molecule is CC(=O)N1CCN(c2c(NC[C@H](C)O)c(=O)c2=O)CC1. The highest BCUT2D eigenvalue weighted by molar-refractivity contribution is 5.76. The predicted molar refractivity (Wildman–Crippen MR) is 76.0 cm³/mol. The molecule has 1 saturated heterocycles. The molecule has 1 atom stereocenters. The molecular weight excluding hydrogens is 262 g/mol. The molecule has 0 aliphatic carbocycles. The minimum Gasteiger partial charge on any atom is -0.392 e. The summed E-state index contributed by atoms with van der Waals surface area (Å²) < 4.78 is 0. The molecule has 0 aromatic heterocycles. The quantitative estimate of drug-likeness (QED) is 0.670. The summed E-state index contributed by atoms with van der Waals surface area (Å²) in [6.45, 7) is 5.51. The number of carbonyl (C=O) groups is 1. The number of carbonyl (C=O) groups excluding carboxylic acids is 1. The Labute approximate surface area is 116 Å². The molecule has 0 unspecified atom stereocenters. The fourth-order valence-corrected chi connectivity index (χ4v) is 2.34. The molecule has 1 heterocycles. The zero-order valence-corrected chi connectivity index (χ0v) is 11.7. The molecule has 1 aliphatic heterocycles. The molecular formula is C13H19N3O4. The van der Waals surface area contributed by atoms with E-state index in [1.807, 2.05) is 4.90 Å². The van der Waals surface area contributed by atoms with Gasteiger partial charge in [0.05, 0.1) is 6.10 Å². The van der Waals surface area contributed by atoms with E-state index in [1.54, 1.807) is 11.8 Å². The molecule has 1 amide bonds. The van der Waals surface area contributed by atoms with E-state index >= 15 is 0 Å². The minimum atomic E-state index is -0.596. The first kappa shape index (κ1) is 14.5. The Kier molecular flexibility index (Phi) is 4.08. The summed E-state index contributed by atoms with van der Waals surface area (Å²) >= 11 is 0. The number of rotatable bonds is 4. The Morgan fingerprint density at radius 1 is 1.25 bits per heavy atom. The normalized spacial score (nSPS) is 17.4. The molecule has 7 heteroatoms. The van der Waals surface area contributed by atoms with Gasteiger partial charge in [0, 0.05) is 39.6 Å². The highest BCUT2D eigenvalue weighted by Crippen LogP contribution is 2.21. The van der Waals surface area contributed by atoms with E-state index < -0.39 is 17.0 Å². The van der Waals surface area contributed by atoms with Crippen molar-refractivity contribution < 1.29 is 9.90 Å². The molecule has 1 fully saturated rings. The van der Waals surface area contributed by atoms with Crippen LogP contribution >= 0.6 is 0 Å². The van der Waals surface area contributed by atoms with Gasteiger partial charge in [-0.1, -0.05) is 0 Å². The van der Waals surface area contributed by atoms with E-state index in [-0.39, 0.29) is 18.1 Å². The van der Waals surface area contributed by atoms with Crippen molar-refractivity contribution in [3.63, 3.8) is 0 Å². The summed E-state index contributed by atoms with van der Waals surface area (Å²) in [4.78, 5) is 38.0. The van der Waals surface area contributed by atoms with Gasteiger partial charge >= 0.3 is 0 Å². The van der Waals surface area contributed by atoms with Crippen molar-refractivity contribution in [2.24, 2.45) is 0 Å². The Morgan fingerprint density at radius 2 is 1.85 bits per heavy atom. The van der Waals surface area contributed by atoms with E-state index in [0.29, 0.717) is 31.9 Å². The number of aliphatic hydroxyl groups excluding tert-OH is 1. The average Bonchev–Trinajstić information content (AvgIpc) is 2.42. The van der Waals surface area contributed by atoms with E-state index in [1.165, 1.54) is 6.92 Å². The topological polar surface area (TPSA) is 89.9 Å². The van der Waals surface area contributed by atoms with Crippen molar-refractivity contribution in [3.8, 4) is 0 Å². The number of nitrogens with one attached hydrogen (secondary N) is 1. The second-order valence-electron chi connectivity index (χ2n) is 5.10. The predicted octanol–water partition coefficient (Wildman–Crippen LogP) is -1.26. The first-order valence-corrected chi connectivity index (χ1v) is 6.67. The molecule has 7 nitrogen and oxygen atoms in total. The Balaban J connectivity index is 2.07. The molecule has 2 rings (SSSR count). The zero-order valence-electron chi connectivity index (χ0n) is 11.7. The van der Waals surface area contributed by atoms with Crippen LogP contribution < -0.4 is 21.1 Å². The van der Waals surface area contributed by atoms with Crippen LogP contribution in [0, 0.1) is 0 Å². The van der Waals surface area contributed by atoms with Gasteiger partial charge in [-0.2, -0.15) is 0 Å². The van der Waals surface area contributed by atoms with E-state index in [4.69, 9.17) is 0 Å². The fraction of sp³-hybridized carbons (Fsp3) is 0.615. The molecule has 1 aliphatic rings. The second kappa shape index (κ2) is 5.62. The number of piperazine rings is 1. The summed E-state index contributed by atoms with van der Waals surface area (Å²) in [6, 6.07) is 0. The smallest absolute Gasteiger partial charge is 0.253 e. The van der Waals surface area contributed by atoms with Crippen molar-refractivity contribution in [1.82, 2.24) is 4.90 Å². The summed E-state index contributed by atoms with van der Waals surface area (Å²) in [6.07, 6.45) is -0.596. The standard InChI is InChI=1S/C13H19N3O4/c1-8(17)7-14-10-11(13(20)12(10)19)16-5-3-15(4-6-16)9(2)18/h8,14,17H,3-7H2,1-2H3/t8-/m0/s1.